The van der Waals surface area contributed by atoms with Gasteiger partial charge in [-0.3, -0.25) is 9.78 Å². The van der Waals surface area contributed by atoms with Crippen molar-refractivity contribution < 1.29 is 13.6 Å². The molecule has 0 unspecified atom stereocenters. The molecule has 4 heterocycles. The van der Waals surface area contributed by atoms with E-state index in [2.05, 4.69) is 20.3 Å². The molecule has 1 amide bonds. The first-order valence-electron chi connectivity index (χ1n) is 11.3. The van der Waals surface area contributed by atoms with E-state index in [9.17, 15) is 13.6 Å². The maximum atomic E-state index is 13.9. The average molecular weight is 453 g/mol. The summed E-state index contributed by atoms with van der Waals surface area (Å²) < 4.78 is 27.8. The lowest BCUT2D eigenvalue weighted by atomic mass is 9.89. The molecule has 2 aromatic heterocycles. The van der Waals surface area contributed by atoms with Crippen LogP contribution in [0.3, 0.4) is 0 Å². The molecule has 1 aromatic carbocycles. The first kappa shape index (κ1) is 21.5. The zero-order valence-corrected chi connectivity index (χ0v) is 18.5. The molecular weight excluding hydrogens is 426 g/mol. The molecule has 33 heavy (non-hydrogen) atoms. The number of alkyl halides is 2. The molecule has 0 saturated carbocycles. The van der Waals surface area contributed by atoms with Crippen LogP contribution in [0.1, 0.15) is 37.7 Å². The van der Waals surface area contributed by atoms with Crippen LogP contribution in [0.2, 0.25) is 0 Å². The minimum absolute atomic E-state index is 0.0837. The molecule has 1 N–H and O–H groups in total. The molecule has 3 aromatic rings. The molecular formula is C24H26F2N6O. The van der Waals surface area contributed by atoms with Crippen LogP contribution in [-0.4, -0.2) is 57.9 Å². The van der Waals surface area contributed by atoms with Crippen LogP contribution in [0.5, 0.6) is 0 Å². The Morgan fingerprint density at radius 1 is 1.06 bits per heavy atom. The van der Waals surface area contributed by atoms with Gasteiger partial charge in [0.2, 0.25) is 5.91 Å². The highest BCUT2D eigenvalue weighted by Gasteiger charge is 2.39. The molecule has 0 bridgehead atoms. The SMILES string of the molecule is CC(=O)N1CCC(c2cc(Nc3cnc4ccccc4n3)nc(N3CCC(F)(F)C3)c2)CC1. The fourth-order valence-corrected chi connectivity index (χ4v) is 4.61. The number of nitrogens with zero attached hydrogens (tertiary/aromatic N) is 5. The second-order valence-electron chi connectivity index (χ2n) is 8.82. The van der Waals surface area contributed by atoms with Crippen LogP contribution < -0.4 is 10.2 Å². The van der Waals surface area contributed by atoms with Gasteiger partial charge in [-0.25, -0.2) is 18.7 Å². The quantitative estimate of drug-likeness (QED) is 0.635. The highest BCUT2D eigenvalue weighted by atomic mass is 19.3. The molecule has 0 radical (unpaired) electrons. The van der Waals surface area contributed by atoms with Crippen molar-refractivity contribution in [3.8, 4) is 0 Å². The van der Waals surface area contributed by atoms with E-state index in [1.54, 1.807) is 18.0 Å². The van der Waals surface area contributed by atoms with Crippen LogP contribution in [-0.2, 0) is 4.79 Å². The molecule has 2 aliphatic heterocycles. The van der Waals surface area contributed by atoms with Gasteiger partial charge in [-0.05, 0) is 48.6 Å². The van der Waals surface area contributed by atoms with Gasteiger partial charge in [0.25, 0.3) is 5.92 Å². The molecule has 9 heteroatoms. The van der Waals surface area contributed by atoms with E-state index in [1.165, 1.54) is 0 Å². The summed E-state index contributed by atoms with van der Waals surface area (Å²) in [6.45, 7) is 2.91. The van der Waals surface area contributed by atoms with Gasteiger partial charge in [-0.1, -0.05) is 12.1 Å². The second-order valence-corrected chi connectivity index (χ2v) is 8.82. The summed E-state index contributed by atoms with van der Waals surface area (Å²) in [5.74, 6) is -0.759. The fraction of sp³-hybridized carbons (Fsp3) is 0.417. The molecule has 2 aliphatic rings. The minimum atomic E-state index is -2.71. The summed E-state index contributed by atoms with van der Waals surface area (Å²) in [4.78, 5) is 28.9. The molecule has 5 rings (SSSR count). The number of likely N-dealkylation sites (tertiary alicyclic amines) is 1. The third-order valence-corrected chi connectivity index (χ3v) is 6.44. The molecule has 2 saturated heterocycles. The first-order valence-corrected chi connectivity index (χ1v) is 11.3. The normalized spacial score (nSPS) is 18.6. The summed E-state index contributed by atoms with van der Waals surface area (Å²) >= 11 is 0. The summed E-state index contributed by atoms with van der Waals surface area (Å²) in [7, 11) is 0. The number of piperidine rings is 1. The number of carbonyl (C=O) groups excluding carboxylic acids is 1. The van der Waals surface area contributed by atoms with Gasteiger partial charge in [0.1, 0.15) is 11.6 Å². The van der Waals surface area contributed by atoms with E-state index < -0.39 is 5.92 Å². The summed E-state index contributed by atoms with van der Waals surface area (Å²) in [6.07, 6.45) is 3.13. The van der Waals surface area contributed by atoms with Gasteiger partial charge in [0.15, 0.2) is 5.82 Å². The Morgan fingerprint density at radius 2 is 1.82 bits per heavy atom. The summed E-state index contributed by atoms with van der Waals surface area (Å²) in [6, 6.07) is 11.5. The number of carbonyl (C=O) groups is 1. The van der Waals surface area contributed by atoms with Crippen LogP contribution in [0.15, 0.2) is 42.6 Å². The van der Waals surface area contributed by atoms with E-state index >= 15 is 0 Å². The Morgan fingerprint density at radius 3 is 2.52 bits per heavy atom. The lowest BCUT2D eigenvalue weighted by Gasteiger charge is -2.32. The molecule has 0 spiro atoms. The van der Waals surface area contributed by atoms with Crippen LogP contribution in [0, 0.1) is 0 Å². The van der Waals surface area contributed by atoms with Gasteiger partial charge in [-0.2, -0.15) is 0 Å². The third-order valence-electron chi connectivity index (χ3n) is 6.44. The number of aromatic nitrogens is 3. The molecule has 7 nitrogen and oxygen atoms in total. The first-order chi connectivity index (χ1) is 15.9. The predicted octanol–water partition coefficient (Wildman–Crippen LogP) is 4.34. The van der Waals surface area contributed by atoms with E-state index in [4.69, 9.17) is 0 Å². The largest absolute Gasteiger partial charge is 0.350 e. The van der Waals surface area contributed by atoms with Crippen molar-refractivity contribution in [1.82, 2.24) is 19.9 Å². The number of amides is 1. The Labute approximate surface area is 190 Å². The predicted molar refractivity (Wildman–Crippen MR) is 123 cm³/mol. The van der Waals surface area contributed by atoms with Crippen molar-refractivity contribution in [3.63, 3.8) is 0 Å². The number of fused-ring (bicyclic) bond motifs is 1. The van der Waals surface area contributed by atoms with E-state index in [1.807, 2.05) is 41.3 Å². The summed E-state index contributed by atoms with van der Waals surface area (Å²) in [5.41, 5.74) is 2.59. The highest BCUT2D eigenvalue weighted by Crippen LogP contribution is 2.35. The zero-order chi connectivity index (χ0) is 23.0. The standard InChI is InChI=1S/C24H26F2N6O/c1-16(33)31-9-6-17(7-10-31)18-12-21(30-23(13-18)32-11-8-24(25,26)15-32)29-22-14-27-19-4-2-3-5-20(19)28-22/h2-5,12-14,17H,6-11,15H2,1H3,(H,28,29,30). The summed E-state index contributed by atoms with van der Waals surface area (Å²) in [5, 5.41) is 3.22. The smallest absolute Gasteiger partial charge is 0.266 e. The van der Waals surface area contributed by atoms with Gasteiger partial charge in [0.05, 0.1) is 23.8 Å². The Bertz CT molecular complexity index is 1180. The van der Waals surface area contributed by atoms with Crippen molar-refractivity contribution >= 4 is 34.4 Å². The lowest BCUT2D eigenvalue weighted by molar-refractivity contribution is -0.129. The van der Waals surface area contributed by atoms with Crippen LogP contribution in [0.4, 0.5) is 26.2 Å². The number of anilines is 3. The fourth-order valence-electron chi connectivity index (χ4n) is 4.61. The van der Waals surface area contributed by atoms with Crippen LogP contribution in [0.25, 0.3) is 11.0 Å². The molecule has 172 valence electrons. The van der Waals surface area contributed by atoms with Crippen molar-refractivity contribution in [2.75, 3.05) is 36.4 Å². The third kappa shape index (κ3) is 4.72. The lowest BCUT2D eigenvalue weighted by Crippen LogP contribution is -2.36. The monoisotopic (exact) mass is 452 g/mol. The van der Waals surface area contributed by atoms with Crippen molar-refractivity contribution in [3.05, 3.63) is 48.2 Å². The second kappa shape index (κ2) is 8.53. The average Bonchev–Trinajstić information content (AvgIpc) is 3.18. The van der Waals surface area contributed by atoms with Gasteiger partial charge in [0, 0.05) is 33.0 Å². The Balaban J connectivity index is 1.45. The Kier molecular flexibility index (Phi) is 5.55. The van der Waals surface area contributed by atoms with Gasteiger partial charge in [-0.15, -0.1) is 0 Å². The van der Waals surface area contributed by atoms with Gasteiger partial charge < -0.3 is 15.1 Å². The number of hydrogen-bond donors (Lipinski definition) is 1. The minimum Gasteiger partial charge on any atom is -0.350 e. The number of pyridine rings is 1. The van der Waals surface area contributed by atoms with Gasteiger partial charge >= 0.3 is 0 Å². The molecule has 0 atom stereocenters. The topological polar surface area (TPSA) is 74.2 Å². The van der Waals surface area contributed by atoms with Crippen molar-refractivity contribution in [2.24, 2.45) is 0 Å². The number of para-hydroxylation sites is 2. The van der Waals surface area contributed by atoms with E-state index in [0.29, 0.717) is 30.5 Å². The van der Waals surface area contributed by atoms with Crippen molar-refractivity contribution in [2.45, 2.75) is 38.0 Å². The number of halogens is 2. The van der Waals surface area contributed by atoms with Crippen LogP contribution >= 0.6 is 0 Å². The molecule has 0 aliphatic carbocycles. The maximum absolute atomic E-state index is 13.9. The number of nitrogens with one attached hydrogen (secondary N) is 1. The maximum Gasteiger partial charge on any atom is 0.266 e. The van der Waals surface area contributed by atoms with E-state index in [0.717, 1.165) is 29.4 Å². The highest BCUT2D eigenvalue weighted by molar-refractivity contribution is 5.76. The van der Waals surface area contributed by atoms with Crippen molar-refractivity contribution in [1.29, 1.82) is 0 Å². The number of rotatable bonds is 4. The van der Waals surface area contributed by atoms with E-state index in [-0.39, 0.29) is 31.3 Å². The Hall–Kier alpha value is -3.36. The number of hydrogen-bond acceptors (Lipinski definition) is 6. The number of benzene rings is 1. The zero-order valence-electron chi connectivity index (χ0n) is 18.5. The molecule has 2 fully saturated rings.